The van der Waals surface area contributed by atoms with Crippen LogP contribution in [0.1, 0.15) is 25.3 Å². The summed E-state index contributed by atoms with van der Waals surface area (Å²) < 4.78 is 5.14. The number of hydrogen-bond donors (Lipinski definition) is 2. The van der Waals surface area contributed by atoms with Crippen molar-refractivity contribution in [3.8, 4) is 0 Å². The minimum Gasteiger partial charge on any atom is -0.398 e. The van der Waals surface area contributed by atoms with E-state index >= 15 is 0 Å². The van der Waals surface area contributed by atoms with Crippen LogP contribution in [0.3, 0.4) is 0 Å². The lowest BCUT2D eigenvalue weighted by Gasteiger charge is -2.28. The van der Waals surface area contributed by atoms with Gasteiger partial charge in [-0.3, -0.25) is 9.69 Å². The molecule has 0 heterocycles. The van der Waals surface area contributed by atoms with Gasteiger partial charge in [0, 0.05) is 31.1 Å². The van der Waals surface area contributed by atoms with Crippen LogP contribution in [-0.2, 0) is 9.53 Å². The van der Waals surface area contributed by atoms with Gasteiger partial charge in [-0.05, 0) is 44.4 Å². The van der Waals surface area contributed by atoms with Crippen LogP contribution < -0.4 is 11.1 Å². The summed E-state index contributed by atoms with van der Waals surface area (Å²) in [6.45, 7) is 5.29. The van der Waals surface area contributed by atoms with Crippen LogP contribution in [0, 0.1) is 6.92 Å². The van der Waals surface area contributed by atoms with Crippen molar-refractivity contribution in [2.75, 3.05) is 31.3 Å². The van der Waals surface area contributed by atoms with E-state index in [9.17, 15) is 4.79 Å². The fourth-order valence-electron chi connectivity index (χ4n) is 2.47. The van der Waals surface area contributed by atoms with Gasteiger partial charge in [-0.1, -0.05) is 6.07 Å². The first-order valence-corrected chi connectivity index (χ1v) is 7.45. The summed E-state index contributed by atoms with van der Waals surface area (Å²) in [4.78, 5) is 14.7. The molecule has 3 N–H and O–H groups in total. The average Bonchev–Trinajstić information content (AvgIpc) is 3.28. The first-order valence-electron chi connectivity index (χ1n) is 7.45. The molecule has 116 valence electrons. The first kappa shape index (κ1) is 15.8. The number of nitrogens with two attached hydrogens (primary N) is 1. The lowest BCUT2D eigenvalue weighted by molar-refractivity contribution is -0.121. The Hall–Kier alpha value is -1.59. The molecule has 5 heteroatoms. The van der Waals surface area contributed by atoms with Crippen molar-refractivity contribution in [2.24, 2.45) is 0 Å². The third-order valence-corrected chi connectivity index (χ3v) is 4.08. The third kappa shape index (κ3) is 3.95. The van der Waals surface area contributed by atoms with Gasteiger partial charge in [0.15, 0.2) is 0 Å². The third-order valence-electron chi connectivity index (χ3n) is 4.08. The highest BCUT2D eigenvalue weighted by Gasteiger charge is 2.34. The second-order valence-electron chi connectivity index (χ2n) is 5.65. The zero-order chi connectivity index (χ0) is 15.4. The van der Waals surface area contributed by atoms with Gasteiger partial charge >= 0.3 is 0 Å². The highest BCUT2D eigenvalue weighted by Crippen LogP contribution is 2.29. The molecule has 5 nitrogen and oxygen atoms in total. The Labute approximate surface area is 126 Å². The van der Waals surface area contributed by atoms with Crippen LogP contribution in [0.15, 0.2) is 18.2 Å². The number of carbonyl (C=O) groups excluding carboxylic acids is 1. The van der Waals surface area contributed by atoms with E-state index in [1.807, 2.05) is 32.0 Å². The molecule has 0 bridgehead atoms. The molecule has 1 unspecified atom stereocenters. The van der Waals surface area contributed by atoms with E-state index in [-0.39, 0.29) is 11.9 Å². The van der Waals surface area contributed by atoms with Crippen molar-refractivity contribution in [1.29, 1.82) is 0 Å². The predicted molar refractivity (Wildman–Crippen MR) is 85.3 cm³/mol. The van der Waals surface area contributed by atoms with Gasteiger partial charge in [-0.15, -0.1) is 0 Å². The predicted octanol–water partition coefficient (Wildman–Crippen LogP) is 2.02. The Kier molecular flexibility index (Phi) is 5.20. The topological polar surface area (TPSA) is 67.6 Å². The van der Waals surface area contributed by atoms with Crippen molar-refractivity contribution in [1.82, 2.24) is 4.90 Å². The molecule has 1 aliphatic rings. The molecule has 1 atom stereocenters. The molecule has 2 rings (SSSR count). The molecule has 0 aliphatic heterocycles. The van der Waals surface area contributed by atoms with Crippen molar-refractivity contribution in [3.63, 3.8) is 0 Å². The van der Waals surface area contributed by atoms with E-state index in [1.165, 1.54) is 12.8 Å². The largest absolute Gasteiger partial charge is 0.398 e. The van der Waals surface area contributed by atoms with Gasteiger partial charge in [0.05, 0.1) is 12.6 Å². The molecule has 0 aromatic heterocycles. The quantitative estimate of drug-likeness (QED) is 0.754. The number of carbonyl (C=O) groups is 1. The lowest BCUT2D eigenvalue weighted by atomic mass is 10.1. The van der Waals surface area contributed by atoms with Crippen LogP contribution in [0.4, 0.5) is 11.4 Å². The normalized spacial score (nSPS) is 16.0. The van der Waals surface area contributed by atoms with E-state index in [0.29, 0.717) is 18.3 Å². The number of nitrogens with one attached hydrogen (secondary N) is 1. The zero-order valence-corrected chi connectivity index (χ0v) is 13.1. The summed E-state index contributed by atoms with van der Waals surface area (Å²) in [5.74, 6) is 0.00621. The average molecular weight is 291 g/mol. The zero-order valence-electron chi connectivity index (χ0n) is 13.1. The Morgan fingerprint density at radius 2 is 2.24 bits per heavy atom. The maximum Gasteiger partial charge on any atom is 0.241 e. The molecule has 21 heavy (non-hydrogen) atoms. The summed E-state index contributed by atoms with van der Waals surface area (Å²) in [6.07, 6.45) is 2.33. The number of ether oxygens (including phenoxy) is 1. The smallest absolute Gasteiger partial charge is 0.241 e. The van der Waals surface area contributed by atoms with Gasteiger partial charge in [0.2, 0.25) is 5.91 Å². The molecule has 1 fully saturated rings. The van der Waals surface area contributed by atoms with Crippen molar-refractivity contribution >= 4 is 17.3 Å². The Morgan fingerprint density at radius 3 is 2.86 bits per heavy atom. The maximum atomic E-state index is 12.5. The van der Waals surface area contributed by atoms with Gasteiger partial charge in [0.1, 0.15) is 0 Å². The highest BCUT2D eigenvalue weighted by atomic mass is 16.5. The molecule has 1 saturated carbocycles. The Morgan fingerprint density at radius 1 is 1.52 bits per heavy atom. The summed E-state index contributed by atoms with van der Waals surface area (Å²) >= 11 is 0. The number of benzene rings is 1. The number of rotatable bonds is 7. The van der Waals surface area contributed by atoms with Crippen molar-refractivity contribution in [3.05, 3.63) is 23.8 Å². The first-order chi connectivity index (χ1) is 10.0. The van der Waals surface area contributed by atoms with E-state index in [0.717, 1.165) is 17.8 Å². The summed E-state index contributed by atoms with van der Waals surface area (Å²) in [6, 6.07) is 5.92. The molecule has 1 aromatic carbocycles. The molecule has 1 aromatic rings. The fraction of sp³-hybridized carbons (Fsp3) is 0.562. The molecule has 1 aliphatic carbocycles. The van der Waals surface area contributed by atoms with E-state index < -0.39 is 0 Å². The van der Waals surface area contributed by atoms with Crippen molar-refractivity contribution < 1.29 is 9.53 Å². The Bertz CT molecular complexity index is 500. The number of nitrogens with zero attached hydrogens (tertiary/aromatic N) is 1. The maximum absolute atomic E-state index is 12.5. The summed E-state index contributed by atoms with van der Waals surface area (Å²) in [5, 5.41) is 2.99. The minimum absolute atomic E-state index is 0.00621. The minimum atomic E-state index is -0.173. The van der Waals surface area contributed by atoms with Crippen LogP contribution in [-0.4, -0.2) is 43.2 Å². The molecule has 0 saturated heterocycles. The van der Waals surface area contributed by atoms with E-state index in [4.69, 9.17) is 10.5 Å². The van der Waals surface area contributed by atoms with Gasteiger partial charge in [-0.2, -0.15) is 0 Å². The number of anilines is 2. The summed E-state index contributed by atoms with van der Waals surface area (Å²) in [5.41, 5.74) is 8.27. The van der Waals surface area contributed by atoms with Crippen LogP contribution in [0.5, 0.6) is 0 Å². The highest BCUT2D eigenvalue weighted by molar-refractivity contribution is 5.95. The summed E-state index contributed by atoms with van der Waals surface area (Å²) in [7, 11) is 1.69. The number of methoxy groups -OCH3 is 1. The van der Waals surface area contributed by atoms with Crippen LogP contribution in [0.25, 0.3) is 0 Å². The van der Waals surface area contributed by atoms with Crippen LogP contribution in [0.2, 0.25) is 0 Å². The molecular formula is C16H25N3O2. The lowest BCUT2D eigenvalue weighted by Crippen LogP contribution is -2.45. The fourth-order valence-corrected chi connectivity index (χ4v) is 2.47. The second kappa shape index (κ2) is 6.91. The van der Waals surface area contributed by atoms with Gasteiger partial charge in [-0.25, -0.2) is 0 Å². The van der Waals surface area contributed by atoms with Gasteiger partial charge in [0.25, 0.3) is 0 Å². The number of nitrogen functional groups attached to an aromatic ring is 1. The molecule has 0 radical (unpaired) electrons. The van der Waals surface area contributed by atoms with Crippen molar-refractivity contribution in [2.45, 2.75) is 38.8 Å². The number of amides is 1. The van der Waals surface area contributed by atoms with E-state index in [2.05, 4.69) is 10.2 Å². The van der Waals surface area contributed by atoms with Gasteiger partial charge < -0.3 is 15.8 Å². The molecule has 1 amide bonds. The van der Waals surface area contributed by atoms with E-state index in [1.54, 1.807) is 7.11 Å². The second-order valence-corrected chi connectivity index (χ2v) is 5.65. The monoisotopic (exact) mass is 291 g/mol. The van der Waals surface area contributed by atoms with Crippen LogP contribution >= 0.6 is 0 Å². The molecular weight excluding hydrogens is 266 g/mol. The SMILES string of the molecule is COCCN(C1CC1)C(C)C(=O)Nc1cccc(N)c1C. The molecule has 0 spiro atoms. The number of hydrogen-bond acceptors (Lipinski definition) is 4. The standard InChI is InChI=1S/C16H25N3O2/c1-11-14(17)5-4-6-15(11)18-16(20)12(2)19(9-10-21-3)13-7-8-13/h4-6,12-13H,7-10,17H2,1-3H3,(H,18,20). The Balaban J connectivity index is 2.02.